The Balaban J connectivity index is 2.57. The first-order valence-corrected chi connectivity index (χ1v) is 5.89. The van der Waals surface area contributed by atoms with Gasteiger partial charge in [0.15, 0.2) is 0 Å². The maximum absolute atomic E-state index is 13.2. The Morgan fingerprint density at radius 1 is 1.22 bits per heavy atom. The van der Waals surface area contributed by atoms with Crippen LogP contribution in [0.25, 0.3) is 0 Å². The molecule has 0 bridgehead atoms. The van der Waals surface area contributed by atoms with Gasteiger partial charge in [0.25, 0.3) is 0 Å². The topological polar surface area (TPSA) is 12.0 Å². The van der Waals surface area contributed by atoms with E-state index in [2.05, 4.69) is 5.32 Å². The molecule has 0 saturated heterocycles. The summed E-state index contributed by atoms with van der Waals surface area (Å²) >= 11 is 0. The molecule has 0 spiro atoms. The third-order valence-electron chi connectivity index (χ3n) is 2.53. The van der Waals surface area contributed by atoms with Gasteiger partial charge in [0.1, 0.15) is 5.82 Å². The van der Waals surface area contributed by atoms with E-state index in [1.807, 2.05) is 13.8 Å². The minimum Gasteiger partial charge on any atom is -0.315 e. The van der Waals surface area contributed by atoms with E-state index < -0.39 is 17.6 Å². The van der Waals surface area contributed by atoms with Gasteiger partial charge in [-0.2, -0.15) is 13.2 Å². The number of hydrogen-bond acceptors (Lipinski definition) is 1. The summed E-state index contributed by atoms with van der Waals surface area (Å²) in [5.74, 6) is -1.20. The lowest BCUT2D eigenvalue weighted by Gasteiger charge is -2.10. The smallest absolute Gasteiger partial charge is 0.315 e. The molecule has 0 aromatic heterocycles. The molecule has 1 aromatic rings. The number of hydrogen-bond donors (Lipinski definition) is 1. The van der Waals surface area contributed by atoms with E-state index >= 15 is 0 Å². The van der Waals surface area contributed by atoms with Gasteiger partial charge in [-0.1, -0.05) is 19.9 Å². The quantitative estimate of drug-likeness (QED) is 0.629. The van der Waals surface area contributed by atoms with Gasteiger partial charge in [0.05, 0.1) is 5.56 Å². The molecule has 0 saturated carbocycles. The average Bonchev–Trinajstić information content (AvgIpc) is 2.22. The summed E-state index contributed by atoms with van der Waals surface area (Å²) < 4.78 is 50.2. The minimum absolute atomic E-state index is 0.370. The SMILES string of the molecule is CC(C)NCCCc1ccc(C(F)(F)F)c(F)c1. The summed E-state index contributed by atoms with van der Waals surface area (Å²) in [6.07, 6.45) is -3.29. The molecule has 5 heteroatoms. The van der Waals surface area contributed by atoms with Gasteiger partial charge < -0.3 is 5.32 Å². The van der Waals surface area contributed by atoms with E-state index in [9.17, 15) is 17.6 Å². The van der Waals surface area contributed by atoms with Gasteiger partial charge in [-0.05, 0) is 37.1 Å². The Kier molecular flexibility index (Phi) is 5.14. The van der Waals surface area contributed by atoms with Crippen LogP contribution in [0.1, 0.15) is 31.4 Å². The van der Waals surface area contributed by atoms with Crippen LogP contribution in [0.2, 0.25) is 0 Å². The third kappa shape index (κ3) is 4.64. The van der Waals surface area contributed by atoms with E-state index in [4.69, 9.17) is 0 Å². The van der Waals surface area contributed by atoms with Crippen LogP contribution in [0, 0.1) is 5.82 Å². The van der Waals surface area contributed by atoms with Gasteiger partial charge in [-0.25, -0.2) is 4.39 Å². The molecule has 0 fully saturated rings. The molecule has 18 heavy (non-hydrogen) atoms. The van der Waals surface area contributed by atoms with Crippen molar-refractivity contribution in [2.24, 2.45) is 0 Å². The zero-order chi connectivity index (χ0) is 13.8. The lowest BCUT2D eigenvalue weighted by Crippen LogP contribution is -2.23. The van der Waals surface area contributed by atoms with Crippen LogP contribution < -0.4 is 5.32 Å². The van der Waals surface area contributed by atoms with Crippen molar-refractivity contribution in [2.75, 3.05) is 6.54 Å². The number of halogens is 4. The molecular weight excluding hydrogens is 246 g/mol. The second-order valence-corrected chi connectivity index (χ2v) is 4.52. The maximum Gasteiger partial charge on any atom is 0.419 e. The van der Waals surface area contributed by atoms with Gasteiger partial charge in [0, 0.05) is 6.04 Å². The summed E-state index contributed by atoms with van der Waals surface area (Å²) in [5.41, 5.74) is -0.613. The Labute approximate surface area is 104 Å². The Bertz CT molecular complexity index is 385. The zero-order valence-electron chi connectivity index (χ0n) is 10.4. The highest BCUT2D eigenvalue weighted by Gasteiger charge is 2.33. The molecule has 1 N–H and O–H groups in total. The van der Waals surface area contributed by atoms with Crippen molar-refractivity contribution in [3.63, 3.8) is 0 Å². The van der Waals surface area contributed by atoms with Gasteiger partial charge >= 0.3 is 6.18 Å². The van der Waals surface area contributed by atoms with Crippen LogP contribution in [-0.4, -0.2) is 12.6 Å². The number of aryl methyl sites for hydroxylation is 1. The van der Waals surface area contributed by atoms with Crippen molar-refractivity contribution < 1.29 is 17.6 Å². The standard InChI is InChI=1S/C13H17F4N/c1-9(2)18-7-3-4-10-5-6-11(12(14)8-10)13(15,16)17/h5-6,8-9,18H,3-4,7H2,1-2H3. The molecule has 1 rings (SSSR count). The first kappa shape index (κ1) is 15.0. The van der Waals surface area contributed by atoms with E-state index in [0.717, 1.165) is 25.1 Å². The van der Waals surface area contributed by atoms with Gasteiger partial charge in [0.2, 0.25) is 0 Å². The van der Waals surface area contributed by atoms with Crippen LogP contribution in [0.5, 0.6) is 0 Å². The van der Waals surface area contributed by atoms with Gasteiger partial charge in [-0.15, -0.1) is 0 Å². The van der Waals surface area contributed by atoms with Gasteiger partial charge in [-0.3, -0.25) is 0 Å². The van der Waals surface area contributed by atoms with Crippen molar-refractivity contribution in [3.05, 3.63) is 35.1 Å². The maximum atomic E-state index is 13.2. The van der Waals surface area contributed by atoms with Crippen molar-refractivity contribution >= 4 is 0 Å². The Morgan fingerprint density at radius 2 is 1.89 bits per heavy atom. The van der Waals surface area contributed by atoms with E-state index in [1.54, 1.807) is 0 Å². The zero-order valence-corrected chi connectivity index (χ0v) is 10.4. The van der Waals surface area contributed by atoms with Crippen molar-refractivity contribution in [3.8, 4) is 0 Å². The second kappa shape index (κ2) is 6.18. The van der Waals surface area contributed by atoms with Crippen LogP contribution in [-0.2, 0) is 12.6 Å². The lowest BCUT2D eigenvalue weighted by atomic mass is 10.1. The average molecular weight is 263 g/mol. The third-order valence-corrected chi connectivity index (χ3v) is 2.53. The summed E-state index contributed by atoms with van der Waals surface area (Å²) in [7, 11) is 0. The fourth-order valence-electron chi connectivity index (χ4n) is 1.63. The molecule has 0 unspecified atom stereocenters. The second-order valence-electron chi connectivity index (χ2n) is 4.52. The van der Waals surface area contributed by atoms with Crippen LogP contribution >= 0.6 is 0 Å². The summed E-state index contributed by atoms with van der Waals surface area (Å²) in [5, 5.41) is 3.19. The first-order chi connectivity index (χ1) is 8.30. The highest BCUT2D eigenvalue weighted by Crippen LogP contribution is 2.31. The number of benzene rings is 1. The molecule has 0 radical (unpaired) electrons. The molecule has 1 nitrogen and oxygen atoms in total. The van der Waals surface area contributed by atoms with Crippen molar-refractivity contribution in [2.45, 2.75) is 38.9 Å². The van der Waals surface area contributed by atoms with E-state index in [0.29, 0.717) is 18.0 Å². The van der Waals surface area contributed by atoms with E-state index in [1.165, 1.54) is 6.07 Å². The fourth-order valence-corrected chi connectivity index (χ4v) is 1.63. The highest BCUT2D eigenvalue weighted by molar-refractivity contribution is 5.26. The molecular formula is C13H17F4N. The Morgan fingerprint density at radius 3 is 2.39 bits per heavy atom. The first-order valence-electron chi connectivity index (χ1n) is 5.89. The number of alkyl halides is 3. The predicted octanol–water partition coefficient (Wildman–Crippen LogP) is 3.78. The number of rotatable bonds is 5. The monoisotopic (exact) mass is 263 g/mol. The lowest BCUT2D eigenvalue weighted by molar-refractivity contribution is -0.140. The molecule has 0 amide bonds. The summed E-state index contributed by atoms with van der Waals surface area (Å²) in [6.45, 7) is 4.79. The normalized spacial score (nSPS) is 12.2. The molecule has 0 aliphatic heterocycles. The molecule has 1 aromatic carbocycles. The predicted molar refractivity (Wildman–Crippen MR) is 62.9 cm³/mol. The van der Waals surface area contributed by atoms with Crippen LogP contribution in [0.4, 0.5) is 17.6 Å². The molecule has 0 aliphatic carbocycles. The minimum atomic E-state index is -4.62. The summed E-state index contributed by atoms with van der Waals surface area (Å²) in [4.78, 5) is 0. The Hall–Kier alpha value is -1.10. The van der Waals surface area contributed by atoms with Crippen LogP contribution in [0.15, 0.2) is 18.2 Å². The molecule has 0 aliphatic rings. The fraction of sp³-hybridized carbons (Fsp3) is 0.538. The van der Waals surface area contributed by atoms with Crippen molar-refractivity contribution in [1.82, 2.24) is 5.32 Å². The number of nitrogens with one attached hydrogen (secondary N) is 1. The van der Waals surface area contributed by atoms with Crippen molar-refractivity contribution in [1.29, 1.82) is 0 Å². The molecule has 0 heterocycles. The highest BCUT2D eigenvalue weighted by atomic mass is 19.4. The van der Waals surface area contributed by atoms with Crippen LogP contribution in [0.3, 0.4) is 0 Å². The molecule has 102 valence electrons. The summed E-state index contributed by atoms with van der Waals surface area (Å²) in [6, 6.07) is 3.48. The van der Waals surface area contributed by atoms with E-state index in [-0.39, 0.29) is 0 Å². The largest absolute Gasteiger partial charge is 0.419 e. The molecule has 0 atom stereocenters.